The number of rotatable bonds is 4. The molecule has 0 spiro atoms. The Balaban J connectivity index is 3.46. The van der Waals surface area contributed by atoms with Gasteiger partial charge in [0.2, 0.25) is 0 Å². The third kappa shape index (κ3) is 7.43. The summed E-state index contributed by atoms with van der Waals surface area (Å²) < 4.78 is 34.8. The second kappa shape index (κ2) is 4.42. The van der Waals surface area contributed by atoms with Crippen LogP contribution in [0, 0.1) is 0 Å². The van der Waals surface area contributed by atoms with E-state index in [4.69, 9.17) is 0 Å². The lowest BCUT2D eigenvalue weighted by atomic mass is 10.1. The highest BCUT2D eigenvalue weighted by molar-refractivity contribution is 4.93. The fourth-order valence-electron chi connectivity index (χ4n) is 0.797. The van der Waals surface area contributed by atoms with Crippen LogP contribution in [0.2, 0.25) is 0 Å². The Bertz CT molecular complexity index is 124. The molecule has 0 radical (unpaired) electrons. The molecule has 11 heavy (non-hydrogen) atoms. The first-order valence-corrected chi connectivity index (χ1v) is 3.69. The molecular formula is C8H13F3. The van der Waals surface area contributed by atoms with E-state index in [1.165, 1.54) is 0 Å². The highest BCUT2D eigenvalue weighted by atomic mass is 19.4. The van der Waals surface area contributed by atoms with Crippen molar-refractivity contribution in [3.63, 3.8) is 0 Å². The summed E-state index contributed by atoms with van der Waals surface area (Å²) in [7, 11) is 0. The minimum absolute atomic E-state index is 0.0807. The Kier molecular flexibility index (Phi) is 4.23. The van der Waals surface area contributed by atoms with Crippen LogP contribution in [-0.2, 0) is 0 Å². The third-order valence-corrected chi connectivity index (χ3v) is 1.37. The van der Waals surface area contributed by atoms with Gasteiger partial charge in [-0.25, -0.2) is 0 Å². The smallest absolute Gasteiger partial charge is 0.171 e. The van der Waals surface area contributed by atoms with Crippen molar-refractivity contribution < 1.29 is 13.2 Å². The van der Waals surface area contributed by atoms with Crippen LogP contribution in [0.4, 0.5) is 13.2 Å². The maximum absolute atomic E-state index is 11.6. The molecule has 0 saturated heterocycles. The number of halogens is 3. The Morgan fingerprint density at radius 1 is 1.27 bits per heavy atom. The van der Waals surface area contributed by atoms with Crippen molar-refractivity contribution in [3.05, 3.63) is 12.2 Å². The third-order valence-electron chi connectivity index (χ3n) is 1.37. The number of alkyl halides is 3. The second-order valence-electron chi connectivity index (χ2n) is 2.62. The predicted molar refractivity (Wildman–Crippen MR) is 39.3 cm³/mol. The van der Waals surface area contributed by atoms with Crippen molar-refractivity contribution in [1.29, 1.82) is 0 Å². The lowest BCUT2D eigenvalue weighted by Crippen LogP contribution is -2.06. The molecule has 66 valence electrons. The molecule has 0 aromatic rings. The standard InChI is InChI=1S/C8H13F3/c1-3-4-7(2)5-6-8(9,10)11/h2-6H2,1H3. The molecule has 0 aliphatic rings. The van der Waals surface area contributed by atoms with Crippen LogP contribution in [0.5, 0.6) is 0 Å². The summed E-state index contributed by atoms with van der Waals surface area (Å²) in [5.41, 5.74) is 0.699. The molecule has 0 heterocycles. The van der Waals surface area contributed by atoms with E-state index in [2.05, 4.69) is 6.58 Å². The molecule has 0 atom stereocenters. The normalized spacial score (nSPS) is 11.6. The van der Waals surface area contributed by atoms with Crippen molar-refractivity contribution in [1.82, 2.24) is 0 Å². The summed E-state index contributed by atoms with van der Waals surface area (Å²) in [6.07, 6.45) is -3.10. The average molecular weight is 166 g/mol. The second-order valence-corrected chi connectivity index (χ2v) is 2.62. The Hall–Kier alpha value is -0.470. The minimum Gasteiger partial charge on any atom is -0.171 e. The van der Waals surface area contributed by atoms with Gasteiger partial charge in [0, 0.05) is 6.42 Å². The molecule has 0 N–H and O–H groups in total. The van der Waals surface area contributed by atoms with Crippen molar-refractivity contribution >= 4 is 0 Å². The molecule has 0 fully saturated rings. The molecule has 0 aromatic carbocycles. The molecule has 0 aliphatic carbocycles. The van der Waals surface area contributed by atoms with E-state index in [-0.39, 0.29) is 6.42 Å². The molecule has 0 nitrogen and oxygen atoms in total. The molecule has 3 heteroatoms. The van der Waals surface area contributed by atoms with Gasteiger partial charge in [-0.15, -0.1) is 0 Å². The minimum atomic E-state index is -4.03. The van der Waals surface area contributed by atoms with Gasteiger partial charge in [-0.3, -0.25) is 0 Å². The zero-order valence-electron chi connectivity index (χ0n) is 6.67. The lowest BCUT2D eigenvalue weighted by Gasteiger charge is -2.06. The number of allylic oxidation sites excluding steroid dienone is 1. The van der Waals surface area contributed by atoms with Crippen LogP contribution in [0.1, 0.15) is 32.6 Å². The van der Waals surface area contributed by atoms with Gasteiger partial charge < -0.3 is 0 Å². The van der Waals surface area contributed by atoms with Crippen molar-refractivity contribution in [3.8, 4) is 0 Å². The number of hydrogen-bond donors (Lipinski definition) is 0. The van der Waals surface area contributed by atoms with Crippen LogP contribution >= 0.6 is 0 Å². The first-order chi connectivity index (χ1) is 4.95. The van der Waals surface area contributed by atoms with Crippen LogP contribution in [0.15, 0.2) is 12.2 Å². The summed E-state index contributed by atoms with van der Waals surface area (Å²) in [4.78, 5) is 0. The van der Waals surface area contributed by atoms with Gasteiger partial charge in [-0.1, -0.05) is 25.5 Å². The molecular weight excluding hydrogens is 153 g/mol. The maximum Gasteiger partial charge on any atom is 0.389 e. The van der Waals surface area contributed by atoms with E-state index in [1.54, 1.807) is 0 Å². The molecule has 0 amide bonds. The van der Waals surface area contributed by atoms with Gasteiger partial charge in [0.05, 0.1) is 0 Å². The summed E-state index contributed by atoms with van der Waals surface area (Å²) in [5, 5.41) is 0. The van der Waals surface area contributed by atoms with Crippen LogP contribution in [0.25, 0.3) is 0 Å². The summed E-state index contributed by atoms with van der Waals surface area (Å²) in [6.45, 7) is 5.48. The maximum atomic E-state index is 11.6. The zero-order chi connectivity index (χ0) is 8.91. The van der Waals surface area contributed by atoms with Gasteiger partial charge in [0.1, 0.15) is 0 Å². The fraction of sp³-hybridized carbons (Fsp3) is 0.750. The van der Waals surface area contributed by atoms with E-state index >= 15 is 0 Å². The van der Waals surface area contributed by atoms with Crippen LogP contribution in [-0.4, -0.2) is 6.18 Å². The van der Waals surface area contributed by atoms with Crippen molar-refractivity contribution in [2.75, 3.05) is 0 Å². The van der Waals surface area contributed by atoms with Crippen molar-refractivity contribution in [2.45, 2.75) is 38.8 Å². The molecule has 0 unspecified atom stereocenters. The van der Waals surface area contributed by atoms with Gasteiger partial charge in [-0.05, 0) is 12.8 Å². The fourth-order valence-corrected chi connectivity index (χ4v) is 0.797. The summed E-state index contributed by atoms with van der Waals surface area (Å²) >= 11 is 0. The van der Waals surface area contributed by atoms with E-state index in [0.29, 0.717) is 12.0 Å². The Morgan fingerprint density at radius 3 is 2.18 bits per heavy atom. The van der Waals surface area contributed by atoms with Gasteiger partial charge >= 0.3 is 6.18 Å². The van der Waals surface area contributed by atoms with Crippen molar-refractivity contribution in [2.24, 2.45) is 0 Å². The largest absolute Gasteiger partial charge is 0.389 e. The Labute approximate surface area is 65.1 Å². The predicted octanol–water partition coefficient (Wildman–Crippen LogP) is 3.69. The molecule has 0 aliphatic heterocycles. The monoisotopic (exact) mass is 166 g/mol. The Morgan fingerprint density at radius 2 is 1.82 bits per heavy atom. The topological polar surface area (TPSA) is 0 Å². The highest BCUT2D eigenvalue weighted by Gasteiger charge is 2.26. The van der Waals surface area contributed by atoms with Gasteiger partial charge in [-0.2, -0.15) is 13.2 Å². The van der Waals surface area contributed by atoms with Gasteiger partial charge in [0.25, 0.3) is 0 Å². The molecule has 0 saturated carbocycles. The SMILES string of the molecule is C=C(CCC)CCC(F)(F)F. The first-order valence-electron chi connectivity index (χ1n) is 3.69. The van der Waals surface area contributed by atoms with E-state index in [9.17, 15) is 13.2 Å². The lowest BCUT2D eigenvalue weighted by molar-refractivity contribution is -0.134. The summed E-state index contributed by atoms with van der Waals surface area (Å²) in [5.74, 6) is 0. The van der Waals surface area contributed by atoms with E-state index in [1.807, 2.05) is 6.92 Å². The van der Waals surface area contributed by atoms with E-state index < -0.39 is 12.6 Å². The first kappa shape index (κ1) is 10.5. The van der Waals surface area contributed by atoms with Crippen LogP contribution in [0.3, 0.4) is 0 Å². The quantitative estimate of drug-likeness (QED) is 0.559. The molecule has 0 bridgehead atoms. The molecule has 0 aromatic heterocycles. The van der Waals surface area contributed by atoms with Crippen LogP contribution < -0.4 is 0 Å². The average Bonchev–Trinajstić information content (AvgIpc) is 1.83. The number of hydrogen-bond acceptors (Lipinski definition) is 0. The van der Waals surface area contributed by atoms with Gasteiger partial charge in [0.15, 0.2) is 0 Å². The molecule has 0 rings (SSSR count). The summed E-state index contributed by atoms with van der Waals surface area (Å²) in [6, 6.07) is 0. The zero-order valence-corrected chi connectivity index (χ0v) is 6.67. The highest BCUT2D eigenvalue weighted by Crippen LogP contribution is 2.24. The van der Waals surface area contributed by atoms with E-state index in [0.717, 1.165) is 6.42 Å².